The SMILES string of the molecule is COCC(=O)N1CC(C)C(=O)N2C[C@@H](c3c(OC)ccc(Cl)c3Cl)C[C@H]2C1. The van der Waals surface area contributed by atoms with Crippen molar-refractivity contribution < 1.29 is 19.1 Å². The standard InChI is InChI=1S/C19H24Cl2N2O4/c1-11-7-22(16(24)10-26-2)9-13-6-12(8-23(13)19(11)25)17-15(27-3)5-4-14(20)18(17)21/h4-5,11-13H,6-10H2,1-3H3/t11?,12-,13-/m0/s1. The summed E-state index contributed by atoms with van der Waals surface area (Å²) in [6.45, 7) is 3.33. The molecular formula is C19H24Cl2N2O4. The van der Waals surface area contributed by atoms with Crippen LogP contribution in [0.4, 0.5) is 0 Å². The third-order valence-electron chi connectivity index (χ3n) is 5.39. The Bertz CT molecular complexity index is 743. The number of halogens is 2. The molecule has 2 saturated heterocycles. The zero-order chi connectivity index (χ0) is 19.7. The Hall–Kier alpha value is -1.50. The minimum Gasteiger partial charge on any atom is -0.496 e. The zero-order valence-electron chi connectivity index (χ0n) is 15.7. The summed E-state index contributed by atoms with van der Waals surface area (Å²) in [5, 5.41) is 0.928. The highest BCUT2D eigenvalue weighted by Gasteiger charge is 2.43. The molecule has 6 nitrogen and oxygen atoms in total. The van der Waals surface area contributed by atoms with Crippen LogP contribution in [0.15, 0.2) is 12.1 Å². The van der Waals surface area contributed by atoms with E-state index in [2.05, 4.69) is 0 Å². The molecule has 2 heterocycles. The van der Waals surface area contributed by atoms with Crippen LogP contribution in [-0.4, -0.2) is 68.1 Å². The van der Waals surface area contributed by atoms with Crippen LogP contribution in [0.5, 0.6) is 5.75 Å². The molecule has 8 heteroatoms. The van der Waals surface area contributed by atoms with E-state index in [1.54, 1.807) is 24.1 Å². The fraction of sp³-hybridized carbons (Fsp3) is 0.579. The van der Waals surface area contributed by atoms with E-state index in [0.717, 1.165) is 5.56 Å². The third-order valence-corrected chi connectivity index (χ3v) is 6.20. The monoisotopic (exact) mass is 414 g/mol. The van der Waals surface area contributed by atoms with Crippen molar-refractivity contribution in [1.82, 2.24) is 9.80 Å². The van der Waals surface area contributed by atoms with Crippen molar-refractivity contribution in [3.8, 4) is 5.75 Å². The number of methoxy groups -OCH3 is 2. The number of fused-ring (bicyclic) bond motifs is 1. The number of rotatable bonds is 4. The molecule has 2 aliphatic heterocycles. The molecule has 2 aliphatic rings. The van der Waals surface area contributed by atoms with Crippen molar-refractivity contribution in [2.24, 2.45) is 5.92 Å². The van der Waals surface area contributed by atoms with Crippen molar-refractivity contribution in [3.63, 3.8) is 0 Å². The van der Waals surface area contributed by atoms with Gasteiger partial charge >= 0.3 is 0 Å². The predicted molar refractivity (Wildman–Crippen MR) is 103 cm³/mol. The van der Waals surface area contributed by atoms with Crippen LogP contribution < -0.4 is 4.74 Å². The number of amides is 2. The predicted octanol–water partition coefficient (Wildman–Crippen LogP) is 2.81. The first-order chi connectivity index (χ1) is 12.9. The maximum Gasteiger partial charge on any atom is 0.248 e. The second-order valence-electron chi connectivity index (χ2n) is 7.19. The second kappa shape index (κ2) is 8.25. The van der Waals surface area contributed by atoms with Gasteiger partial charge in [0, 0.05) is 44.3 Å². The molecule has 148 valence electrons. The Morgan fingerprint density at radius 3 is 2.63 bits per heavy atom. The van der Waals surface area contributed by atoms with E-state index in [4.69, 9.17) is 32.7 Å². The van der Waals surface area contributed by atoms with Crippen LogP contribution in [-0.2, 0) is 14.3 Å². The van der Waals surface area contributed by atoms with Gasteiger partial charge in [-0.15, -0.1) is 0 Å². The molecule has 27 heavy (non-hydrogen) atoms. The molecule has 2 fully saturated rings. The maximum atomic E-state index is 12.9. The lowest BCUT2D eigenvalue weighted by molar-refractivity contribution is -0.136. The number of carbonyl (C=O) groups excluding carboxylic acids is 2. The maximum absolute atomic E-state index is 12.9. The summed E-state index contributed by atoms with van der Waals surface area (Å²) in [7, 11) is 3.09. The van der Waals surface area contributed by atoms with E-state index in [-0.39, 0.29) is 36.3 Å². The summed E-state index contributed by atoms with van der Waals surface area (Å²) in [5.74, 6) is 0.379. The fourth-order valence-electron chi connectivity index (χ4n) is 4.11. The summed E-state index contributed by atoms with van der Waals surface area (Å²) >= 11 is 12.7. The minimum absolute atomic E-state index is 0.00442. The highest BCUT2D eigenvalue weighted by molar-refractivity contribution is 6.42. The van der Waals surface area contributed by atoms with Crippen LogP contribution in [0, 0.1) is 5.92 Å². The average molecular weight is 415 g/mol. The van der Waals surface area contributed by atoms with Gasteiger partial charge in [-0.3, -0.25) is 9.59 Å². The average Bonchev–Trinajstić information content (AvgIpc) is 3.01. The largest absolute Gasteiger partial charge is 0.496 e. The van der Waals surface area contributed by atoms with Gasteiger partial charge in [-0.25, -0.2) is 0 Å². The van der Waals surface area contributed by atoms with E-state index in [1.165, 1.54) is 7.11 Å². The van der Waals surface area contributed by atoms with Gasteiger partial charge in [-0.05, 0) is 18.6 Å². The molecule has 0 radical (unpaired) electrons. The van der Waals surface area contributed by atoms with Crippen LogP contribution in [0.25, 0.3) is 0 Å². The number of carbonyl (C=O) groups is 2. The lowest BCUT2D eigenvalue weighted by Gasteiger charge is -2.25. The normalized spacial score (nSPS) is 25.4. The molecule has 0 bridgehead atoms. The first-order valence-electron chi connectivity index (χ1n) is 8.96. The van der Waals surface area contributed by atoms with Gasteiger partial charge in [0.1, 0.15) is 12.4 Å². The van der Waals surface area contributed by atoms with Crippen molar-refractivity contribution in [2.45, 2.75) is 25.3 Å². The summed E-state index contributed by atoms with van der Waals surface area (Å²) in [4.78, 5) is 28.9. The summed E-state index contributed by atoms with van der Waals surface area (Å²) in [5.41, 5.74) is 0.829. The van der Waals surface area contributed by atoms with Crippen LogP contribution in [0.1, 0.15) is 24.8 Å². The molecular weight excluding hydrogens is 391 g/mol. The minimum atomic E-state index is -0.258. The Labute approximate surface area is 169 Å². The molecule has 2 amide bonds. The summed E-state index contributed by atoms with van der Waals surface area (Å²) in [6.07, 6.45) is 0.700. The molecule has 0 aliphatic carbocycles. The molecule has 1 aromatic carbocycles. The number of ether oxygens (including phenoxy) is 2. The van der Waals surface area contributed by atoms with E-state index in [9.17, 15) is 9.59 Å². The Morgan fingerprint density at radius 1 is 1.22 bits per heavy atom. The van der Waals surface area contributed by atoms with E-state index in [0.29, 0.717) is 41.8 Å². The van der Waals surface area contributed by atoms with Crippen molar-refractivity contribution >= 4 is 35.0 Å². The van der Waals surface area contributed by atoms with Crippen LogP contribution in [0.3, 0.4) is 0 Å². The lowest BCUT2D eigenvalue weighted by atomic mass is 9.95. The molecule has 1 aromatic rings. The van der Waals surface area contributed by atoms with Gasteiger partial charge in [0.15, 0.2) is 0 Å². The molecule has 3 atom stereocenters. The molecule has 0 N–H and O–H groups in total. The summed E-state index contributed by atoms with van der Waals surface area (Å²) < 4.78 is 10.5. The lowest BCUT2D eigenvalue weighted by Crippen LogP contribution is -2.41. The van der Waals surface area contributed by atoms with Crippen molar-refractivity contribution in [3.05, 3.63) is 27.7 Å². The first-order valence-corrected chi connectivity index (χ1v) is 9.72. The molecule has 0 saturated carbocycles. The summed E-state index contributed by atoms with van der Waals surface area (Å²) in [6, 6.07) is 3.44. The van der Waals surface area contributed by atoms with Gasteiger partial charge in [0.05, 0.1) is 23.1 Å². The first kappa shape index (κ1) is 20.2. The quantitative estimate of drug-likeness (QED) is 0.759. The fourth-order valence-corrected chi connectivity index (χ4v) is 4.59. The highest BCUT2D eigenvalue weighted by atomic mass is 35.5. The smallest absolute Gasteiger partial charge is 0.248 e. The molecule has 0 aromatic heterocycles. The van der Waals surface area contributed by atoms with E-state index < -0.39 is 0 Å². The Balaban J connectivity index is 1.89. The van der Waals surface area contributed by atoms with Gasteiger partial charge in [0.2, 0.25) is 11.8 Å². The molecule has 3 rings (SSSR count). The van der Waals surface area contributed by atoms with E-state index in [1.807, 2.05) is 11.8 Å². The highest BCUT2D eigenvalue weighted by Crippen LogP contribution is 2.44. The van der Waals surface area contributed by atoms with Gasteiger partial charge in [-0.2, -0.15) is 0 Å². The Kier molecular flexibility index (Phi) is 6.18. The molecule has 1 unspecified atom stereocenters. The number of hydrogen-bond donors (Lipinski definition) is 0. The number of benzene rings is 1. The third kappa shape index (κ3) is 3.89. The van der Waals surface area contributed by atoms with Crippen molar-refractivity contribution in [2.75, 3.05) is 40.5 Å². The number of nitrogens with zero attached hydrogens (tertiary/aromatic N) is 2. The van der Waals surface area contributed by atoms with Crippen LogP contribution in [0.2, 0.25) is 10.0 Å². The van der Waals surface area contributed by atoms with E-state index >= 15 is 0 Å². The van der Waals surface area contributed by atoms with Gasteiger partial charge in [0.25, 0.3) is 0 Å². The zero-order valence-corrected chi connectivity index (χ0v) is 17.2. The second-order valence-corrected chi connectivity index (χ2v) is 7.97. The van der Waals surface area contributed by atoms with Gasteiger partial charge in [-0.1, -0.05) is 30.1 Å². The van der Waals surface area contributed by atoms with Crippen molar-refractivity contribution in [1.29, 1.82) is 0 Å². The topological polar surface area (TPSA) is 59.1 Å². The number of hydrogen-bond acceptors (Lipinski definition) is 4. The van der Waals surface area contributed by atoms with Gasteiger partial charge < -0.3 is 19.3 Å². The Morgan fingerprint density at radius 2 is 1.96 bits per heavy atom. The van der Waals surface area contributed by atoms with Crippen LogP contribution >= 0.6 is 23.2 Å². The molecule has 0 spiro atoms.